The Balaban J connectivity index is 4.02. The van der Waals surface area contributed by atoms with Crippen molar-refractivity contribution in [3.05, 3.63) is 0 Å². The zero-order valence-corrected chi connectivity index (χ0v) is 8.41. The molecule has 0 rings (SSSR count). The second kappa shape index (κ2) is 6.60. The molecule has 0 atom stereocenters. The minimum absolute atomic E-state index is 0.0514. The van der Waals surface area contributed by atoms with Crippen LogP contribution in [0.3, 0.4) is 0 Å². The van der Waals surface area contributed by atoms with Gasteiger partial charge in [0.25, 0.3) is 0 Å². The quantitative estimate of drug-likeness (QED) is 0.527. The van der Waals surface area contributed by atoms with Crippen molar-refractivity contribution in [2.45, 2.75) is 27.2 Å². The Morgan fingerprint density at radius 2 is 2.15 bits per heavy atom. The summed E-state index contributed by atoms with van der Waals surface area (Å²) in [6.45, 7) is 5.83. The third-order valence-electron chi connectivity index (χ3n) is 1.19. The number of rotatable bonds is 4. The zero-order valence-electron chi connectivity index (χ0n) is 8.41. The molecule has 0 aliphatic heterocycles. The molecule has 0 saturated carbocycles. The van der Waals surface area contributed by atoms with Gasteiger partial charge in [0.15, 0.2) is 5.90 Å². The number of amides is 1. The van der Waals surface area contributed by atoms with Crippen molar-refractivity contribution < 1.29 is 14.6 Å². The maximum absolute atomic E-state index is 10.6. The highest BCUT2D eigenvalue weighted by atomic mass is 16.5. The van der Waals surface area contributed by atoms with E-state index in [1.807, 2.05) is 13.8 Å². The predicted octanol–water partition coefficient (Wildman–Crippen LogP) is 0.986. The summed E-state index contributed by atoms with van der Waals surface area (Å²) in [4.78, 5) is 14.3. The molecule has 0 aromatic rings. The molecule has 4 heteroatoms. The molecule has 4 nitrogen and oxygen atoms in total. The van der Waals surface area contributed by atoms with E-state index in [2.05, 4.69) is 4.99 Å². The largest absolute Gasteiger partial charge is 0.480 e. The summed E-state index contributed by atoms with van der Waals surface area (Å²) in [5.41, 5.74) is 0. The van der Waals surface area contributed by atoms with Gasteiger partial charge in [-0.05, 0) is 5.92 Å². The van der Waals surface area contributed by atoms with Crippen LogP contribution in [0.5, 0.6) is 0 Å². The number of carbonyl (C=O) groups is 1. The summed E-state index contributed by atoms with van der Waals surface area (Å²) >= 11 is 0. The molecule has 0 bridgehead atoms. The highest BCUT2D eigenvalue weighted by Crippen LogP contribution is 1.97. The first-order valence-electron chi connectivity index (χ1n) is 4.38. The molecule has 0 aliphatic carbocycles. The van der Waals surface area contributed by atoms with Crippen LogP contribution in [0.15, 0.2) is 4.99 Å². The first-order valence-corrected chi connectivity index (χ1v) is 4.38. The Morgan fingerprint density at radius 1 is 1.54 bits per heavy atom. The highest BCUT2D eigenvalue weighted by Gasteiger charge is 2.03. The van der Waals surface area contributed by atoms with E-state index in [0.717, 1.165) is 0 Å². The van der Waals surface area contributed by atoms with Gasteiger partial charge in [-0.2, -0.15) is 4.99 Å². The fourth-order valence-corrected chi connectivity index (χ4v) is 0.694. The van der Waals surface area contributed by atoms with Gasteiger partial charge in [0, 0.05) is 13.3 Å². The zero-order chi connectivity index (χ0) is 10.3. The van der Waals surface area contributed by atoms with Gasteiger partial charge in [-0.25, -0.2) is 0 Å². The van der Waals surface area contributed by atoms with Crippen LogP contribution in [0.4, 0.5) is 0 Å². The molecule has 0 radical (unpaired) electrons. The number of ether oxygens (including phenoxy) is 1. The molecule has 0 aromatic heterocycles. The van der Waals surface area contributed by atoms with Crippen molar-refractivity contribution in [2.24, 2.45) is 10.9 Å². The van der Waals surface area contributed by atoms with E-state index >= 15 is 0 Å². The summed E-state index contributed by atoms with van der Waals surface area (Å²) in [6.07, 6.45) is 0.298. The Bertz CT molecular complexity index is 187. The van der Waals surface area contributed by atoms with Crippen LogP contribution in [-0.4, -0.2) is 30.1 Å². The number of hydrogen-bond acceptors (Lipinski definition) is 3. The minimum atomic E-state index is -0.299. The van der Waals surface area contributed by atoms with E-state index in [1.165, 1.54) is 6.92 Å². The van der Waals surface area contributed by atoms with Crippen molar-refractivity contribution in [1.29, 1.82) is 0 Å². The number of nitrogens with zero attached hydrogens (tertiary/aromatic N) is 1. The van der Waals surface area contributed by atoms with Crippen LogP contribution in [0.25, 0.3) is 0 Å². The Labute approximate surface area is 78.6 Å². The van der Waals surface area contributed by atoms with E-state index in [-0.39, 0.29) is 12.5 Å². The first kappa shape index (κ1) is 12.1. The van der Waals surface area contributed by atoms with E-state index < -0.39 is 0 Å². The standard InChI is InChI=1S/C9H17NO3/c1-7(2)6-13-9(4-5-11)10-8(3)12/h7,11H,4-6H2,1-3H3. The van der Waals surface area contributed by atoms with Gasteiger partial charge < -0.3 is 9.84 Å². The number of aliphatic hydroxyl groups is 1. The molecule has 0 heterocycles. The summed E-state index contributed by atoms with van der Waals surface area (Å²) in [5.74, 6) is 0.409. The Hall–Kier alpha value is -0.900. The lowest BCUT2D eigenvalue weighted by atomic mass is 10.2. The molecule has 76 valence electrons. The lowest BCUT2D eigenvalue weighted by molar-refractivity contribution is -0.115. The van der Waals surface area contributed by atoms with Crippen molar-refractivity contribution in [2.75, 3.05) is 13.2 Å². The molecular weight excluding hydrogens is 170 g/mol. The topological polar surface area (TPSA) is 58.9 Å². The minimum Gasteiger partial charge on any atom is -0.480 e. The van der Waals surface area contributed by atoms with E-state index in [4.69, 9.17) is 9.84 Å². The summed E-state index contributed by atoms with van der Waals surface area (Å²) in [6, 6.07) is 0. The molecule has 0 aromatic carbocycles. The number of hydrogen-bond donors (Lipinski definition) is 1. The summed E-state index contributed by atoms with van der Waals surface area (Å²) in [7, 11) is 0. The molecule has 1 N–H and O–H groups in total. The third-order valence-corrected chi connectivity index (χ3v) is 1.19. The second-order valence-corrected chi connectivity index (χ2v) is 3.20. The molecule has 1 amide bonds. The lowest BCUT2D eigenvalue weighted by Gasteiger charge is -2.09. The van der Waals surface area contributed by atoms with Gasteiger partial charge in [-0.1, -0.05) is 13.8 Å². The highest BCUT2D eigenvalue weighted by molar-refractivity contribution is 5.90. The van der Waals surface area contributed by atoms with Crippen LogP contribution in [0, 0.1) is 5.92 Å². The molecule has 0 aliphatic rings. The van der Waals surface area contributed by atoms with Gasteiger partial charge in [0.1, 0.15) is 0 Å². The van der Waals surface area contributed by atoms with Crippen LogP contribution in [-0.2, 0) is 9.53 Å². The molecule has 0 spiro atoms. The molecule has 13 heavy (non-hydrogen) atoms. The number of carbonyl (C=O) groups excluding carboxylic acids is 1. The van der Waals surface area contributed by atoms with E-state index in [1.54, 1.807) is 0 Å². The monoisotopic (exact) mass is 187 g/mol. The van der Waals surface area contributed by atoms with Crippen molar-refractivity contribution in [3.8, 4) is 0 Å². The fourth-order valence-electron chi connectivity index (χ4n) is 0.694. The number of aliphatic hydroxyl groups excluding tert-OH is 1. The van der Waals surface area contributed by atoms with Crippen molar-refractivity contribution >= 4 is 11.8 Å². The Kier molecular flexibility index (Phi) is 6.14. The van der Waals surface area contributed by atoms with Gasteiger partial charge in [-0.15, -0.1) is 0 Å². The SMILES string of the molecule is CC(=O)N=C(CCO)OCC(C)C. The van der Waals surface area contributed by atoms with Crippen molar-refractivity contribution in [3.63, 3.8) is 0 Å². The first-order chi connectivity index (χ1) is 6.06. The maximum Gasteiger partial charge on any atom is 0.245 e. The average molecular weight is 187 g/mol. The van der Waals surface area contributed by atoms with Gasteiger partial charge in [0.05, 0.1) is 13.2 Å². The maximum atomic E-state index is 10.6. The number of aliphatic imine (C=N–C) groups is 1. The molecule has 0 fully saturated rings. The molecule has 0 saturated heterocycles. The van der Waals surface area contributed by atoms with Crippen LogP contribution >= 0.6 is 0 Å². The lowest BCUT2D eigenvalue weighted by Crippen LogP contribution is -2.13. The average Bonchev–Trinajstić information content (AvgIpc) is 1.99. The fraction of sp³-hybridized carbons (Fsp3) is 0.778. The van der Waals surface area contributed by atoms with E-state index in [0.29, 0.717) is 24.8 Å². The molecule has 0 unspecified atom stereocenters. The summed E-state index contributed by atoms with van der Waals surface area (Å²) in [5, 5.41) is 8.64. The van der Waals surface area contributed by atoms with Crippen LogP contribution < -0.4 is 0 Å². The van der Waals surface area contributed by atoms with E-state index in [9.17, 15) is 4.79 Å². The predicted molar refractivity (Wildman–Crippen MR) is 50.6 cm³/mol. The molecular formula is C9H17NO3. The second-order valence-electron chi connectivity index (χ2n) is 3.20. The van der Waals surface area contributed by atoms with Crippen LogP contribution in [0.2, 0.25) is 0 Å². The van der Waals surface area contributed by atoms with Gasteiger partial charge in [0.2, 0.25) is 5.91 Å². The van der Waals surface area contributed by atoms with Crippen molar-refractivity contribution in [1.82, 2.24) is 0 Å². The normalized spacial score (nSPS) is 11.9. The third kappa shape index (κ3) is 7.46. The Morgan fingerprint density at radius 3 is 2.54 bits per heavy atom. The van der Waals surface area contributed by atoms with Gasteiger partial charge in [-0.3, -0.25) is 4.79 Å². The van der Waals surface area contributed by atoms with Crippen LogP contribution in [0.1, 0.15) is 27.2 Å². The van der Waals surface area contributed by atoms with Gasteiger partial charge >= 0.3 is 0 Å². The summed E-state index contributed by atoms with van der Waals surface area (Å²) < 4.78 is 5.22. The smallest absolute Gasteiger partial charge is 0.245 e.